The molecule has 0 unspecified atom stereocenters. The van der Waals surface area contributed by atoms with Gasteiger partial charge in [0, 0.05) is 24.2 Å². The second-order valence-corrected chi connectivity index (χ2v) is 6.53. The zero-order valence-electron chi connectivity index (χ0n) is 14.5. The molecule has 1 aliphatic rings. The number of nitrogens with zero attached hydrogens (tertiary/aromatic N) is 2. The highest BCUT2D eigenvalue weighted by Gasteiger charge is 2.36. The second kappa shape index (κ2) is 7.92. The van der Waals surface area contributed by atoms with E-state index >= 15 is 0 Å². The van der Waals surface area contributed by atoms with Crippen molar-refractivity contribution in [3.8, 4) is 5.75 Å². The highest BCUT2D eigenvalue weighted by Crippen LogP contribution is 2.24. The zero-order chi connectivity index (χ0) is 19.6. The fourth-order valence-corrected chi connectivity index (χ4v) is 3.04. The topological polar surface area (TPSA) is 49.9 Å². The highest BCUT2D eigenvalue weighted by molar-refractivity contribution is 6.30. The molecule has 0 N–H and O–H groups in total. The predicted octanol–water partition coefficient (Wildman–Crippen LogP) is 3.26. The molecule has 0 saturated carbocycles. The van der Waals surface area contributed by atoms with Gasteiger partial charge in [-0.05, 0) is 43.3 Å². The van der Waals surface area contributed by atoms with Gasteiger partial charge in [0.05, 0.1) is 5.69 Å². The summed E-state index contributed by atoms with van der Waals surface area (Å²) < 4.78 is 32.5. The number of hydrogen-bond donors (Lipinski definition) is 0. The van der Waals surface area contributed by atoms with E-state index in [1.165, 1.54) is 15.9 Å². The number of benzene rings is 2. The minimum atomic E-state index is -0.818. The third kappa shape index (κ3) is 4.19. The van der Waals surface area contributed by atoms with E-state index in [4.69, 9.17) is 16.3 Å². The van der Waals surface area contributed by atoms with Crippen molar-refractivity contribution in [2.75, 3.05) is 24.6 Å². The van der Waals surface area contributed by atoms with Crippen LogP contribution in [-0.2, 0) is 9.59 Å². The van der Waals surface area contributed by atoms with E-state index in [2.05, 4.69) is 0 Å². The smallest absolute Gasteiger partial charge is 0.261 e. The predicted molar refractivity (Wildman–Crippen MR) is 96.8 cm³/mol. The Kier molecular flexibility index (Phi) is 5.60. The summed E-state index contributed by atoms with van der Waals surface area (Å²) in [4.78, 5) is 27.6. The van der Waals surface area contributed by atoms with E-state index in [-0.39, 0.29) is 31.3 Å². The largest absolute Gasteiger partial charge is 0.484 e. The molecule has 142 valence electrons. The Morgan fingerprint density at radius 1 is 1.19 bits per heavy atom. The number of halogens is 3. The molecule has 8 heteroatoms. The van der Waals surface area contributed by atoms with E-state index in [1.54, 1.807) is 31.2 Å². The average molecular weight is 395 g/mol. The van der Waals surface area contributed by atoms with E-state index in [0.29, 0.717) is 10.8 Å². The van der Waals surface area contributed by atoms with E-state index in [9.17, 15) is 18.4 Å². The van der Waals surface area contributed by atoms with Gasteiger partial charge < -0.3 is 14.5 Å². The molecule has 2 amide bonds. The highest BCUT2D eigenvalue weighted by atomic mass is 35.5. The van der Waals surface area contributed by atoms with Gasteiger partial charge in [0.25, 0.3) is 5.91 Å². The molecule has 1 fully saturated rings. The lowest BCUT2D eigenvalue weighted by Gasteiger charge is -2.39. The normalized spacial score (nSPS) is 17.2. The summed E-state index contributed by atoms with van der Waals surface area (Å²) in [6.07, 6.45) is 0. The van der Waals surface area contributed by atoms with Gasteiger partial charge >= 0.3 is 0 Å². The monoisotopic (exact) mass is 394 g/mol. The van der Waals surface area contributed by atoms with Gasteiger partial charge in [0.15, 0.2) is 6.61 Å². The molecule has 1 atom stereocenters. The first-order valence-electron chi connectivity index (χ1n) is 8.31. The van der Waals surface area contributed by atoms with Crippen LogP contribution in [0.4, 0.5) is 14.5 Å². The summed E-state index contributed by atoms with van der Waals surface area (Å²) >= 11 is 5.79. The van der Waals surface area contributed by atoms with Crippen molar-refractivity contribution in [1.29, 1.82) is 0 Å². The lowest BCUT2D eigenvalue weighted by molar-refractivity contribution is -0.142. The van der Waals surface area contributed by atoms with Crippen molar-refractivity contribution in [3.63, 3.8) is 0 Å². The summed E-state index contributed by atoms with van der Waals surface area (Å²) in [5.41, 5.74) is -0.00207. The van der Waals surface area contributed by atoms with Crippen LogP contribution in [-0.4, -0.2) is 42.5 Å². The SMILES string of the molecule is C[C@H]1C(=O)N(c2ccc(F)cc2F)CCN1C(=O)COc1ccc(Cl)cc1. The first kappa shape index (κ1) is 19.1. The van der Waals surface area contributed by atoms with Crippen LogP contribution in [0.3, 0.4) is 0 Å². The molecule has 0 aliphatic carbocycles. The number of piperazine rings is 1. The standard InChI is InChI=1S/C19H17ClF2N2O3/c1-12-19(26)24(17-7-4-14(21)10-16(17)22)9-8-23(12)18(25)11-27-15-5-2-13(20)3-6-15/h2-7,10,12H,8-9,11H2,1H3/t12-/m0/s1. The fourth-order valence-electron chi connectivity index (χ4n) is 2.91. The summed E-state index contributed by atoms with van der Waals surface area (Å²) in [7, 11) is 0. The van der Waals surface area contributed by atoms with Crippen LogP contribution in [0.25, 0.3) is 0 Å². The molecule has 5 nitrogen and oxygen atoms in total. The first-order valence-corrected chi connectivity index (χ1v) is 8.69. The molecule has 2 aromatic carbocycles. The summed E-state index contributed by atoms with van der Waals surface area (Å²) in [5.74, 6) is -1.85. The Balaban J connectivity index is 1.65. The Hall–Kier alpha value is -2.67. The van der Waals surface area contributed by atoms with Crippen molar-refractivity contribution in [2.45, 2.75) is 13.0 Å². The Morgan fingerprint density at radius 3 is 2.56 bits per heavy atom. The van der Waals surface area contributed by atoms with Gasteiger partial charge in [0.2, 0.25) is 5.91 Å². The summed E-state index contributed by atoms with van der Waals surface area (Å²) in [5, 5.41) is 0.553. The molecular formula is C19H17ClF2N2O3. The molecule has 1 heterocycles. The van der Waals surface area contributed by atoms with Crippen LogP contribution in [0.5, 0.6) is 5.75 Å². The lowest BCUT2D eigenvalue weighted by atomic mass is 10.1. The Morgan fingerprint density at radius 2 is 1.89 bits per heavy atom. The van der Waals surface area contributed by atoms with Gasteiger partial charge in [-0.25, -0.2) is 8.78 Å². The van der Waals surface area contributed by atoms with Crippen LogP contribution in [0.1, 0.15) is 6.92 Å². The fraction of sp³-hybridized carbons (Fsp3) is 0.263. The van der Waals surface area contributed by atoms with Crippen molar-refractivity contribution in [2.24, 2.45) is 0 Å². The minimum Gasteiger partial charge on any atom is -0.484 e. The Bertz CT molecular complexity index is 861. The maximum absolute atomic E-state index is 14.0. The van der Waals surface area contributed by atoms with Crippen molar-refractivity contribution in [1.82, 2.24) is 4.90 Å². The van der Waals surface area contributed by atoms with Crippen LogP contribution < -0.4 is 9.64 Å². The van der Waals surface area contributed by atoms with Crippen molar-refractivity contribution < 1.29 is 23.1 Å². The number of amides is 2. The molecular weight excluding hydrogens is 378 g/mol. The minimum absolute atomic E-state index is 0.00207. The van der Waals surface area contributed by atoms with Crippen LogP contribution in [0, 0.1) is 11.6 Å². The average Bonchev–Trinajstić information content (AvgIpc) is 2.64. The molecule has 2 aromatic rings. The molecule has 27 heavy (non-hydrogen) atoms. The first-order chi connectivity index (χ1) is 12.9. The number of rotatable bonds is 4. The summed E-state index contributed by atoms with van der Waals surface area (Å²) in [6, 6.07) is 8.81. The lowest BCUT2D eigenvalue weighted by Crippen LogP contribution is -2.58. The van der Waals surface area contributed by atoms with Crippen molar-refractivity contribution >= 4 is 29.1 Å². The van der Waals surface area contributed by atoms with Gasteiger partial charge in [-0.2, -0.15) is 0 Å². The number of hydrogen-bond acceptors (Lipinski definition) is 3. The van der Waals surface area contributed by atoms with E-state index in [1.807, 2.05) is 0 Å². The molecule has 1 aliphatic heterocycles. The molecule has 0 spiro atoms. The van der Waals surface area contributed by atoms with Crippen LogP contribution in [0.2, 0.25) is 5.02 Å². The van der Waals surface area contributed by atoms with Crippen molar-refractivity contribution in [3.05, 3.63) is 59.1 Å². The second-order valence-electron chi connectivity index (χ2n) is 6.09. The van der Waals surface area contributed by atoms with Crippen LogP contribution in [0.15, 0.2) is 42.5 Å². The summed E-state index contributed by atoms with van der Waals surface area (Å²) in [6.45, 7) is 1.66. The Labute approximate surface area is 160 Å². The molecule has 1 saturated heterocycles. The maximum Gasteiger partial charge on any atom is 0.261 e. The zero-order valence-corrected chi connectivity index (χ0v) is 15.2. The number of ether oxygens (including phenoxy) is 1. The number of carbonyl (C=O) groups excluding carboxylic acids is 2. The third-order valence-electron chi connectivity index (χ3n) is 4.35. The van der Waals surface area contributed by atoms with E-state index < -0.39 is 23.6 Å². The van der Waals surface area contributed by atoms with Gasteiger partial charge in [0.1, 0.15) is 23.4 Å². The van der Waals surface area contributed by atoms with Gasteiger partial charge in [-0.3, -0.25) is 9.59 Å². The number of carbonyl (C=O) groups is 2. The van der Waals surface area contributed by atoms with E-state index in [0.717, 1.165) is 12.1 Å². The van der Waals surface area contributed by atoms with Gasteiger partial charge in [-0.1, -0.05) is 11.6 Å². The molecule has 0 bridgehead atoms. The molecule has 0 aromatic heterocycles. The molecule has 3 rings (SSSR count). The van der Waals surface area contributed by atoms with Gasteiger partial charge in [-0.15, -0.1) is 0 Å². The number of anilines is 1. The third-order valence-corrected chi connectivity index (χ3v) is 4.60. The van der Waals surface area contributed by atoms with Crippen LogP contribution >= 0.6 is 11.6 Å². The molecule has 0 radical (unpaired) electrons. The quantitative estimate of drug-likeness (QED) is 0.799. The maximum atomic E-state index is 14.0.